The highest BCUT2D eigenvalue weighted by atomic mass is 16.5. The van der Waals surface area contributed by atoms with Crippen LogP contribution in [0.4, 0.5) is 0 Å². The first-order valence-electron chi connectivity index (χ1n) is 8.49. The lowest BCUT2D eigenvalue weighted by Gasteiger charge is -2.15. The van der Waals surface area contributed by atoms with Crippen molar-refractivity contribution in [1.29, 1.82) is 0 Å². The van der Waals surface area contributed by atoms with E-state index in [1.54, 1.807) is 7.05 Å². The number of hydrogen-bond acceptors (Lipinski definition) is 5. The van der Waals surface area contributed by atoms with E-state index in [0.717, 1.165) is 12.0 Å². The Balaban J connectivity index is 1.53. The summed E-state index contributed by atoms with van der Waals surface area (Å²) in [6.07, 6.45) is 0.969. The van der Waals surface area contributed by atoms with Crippen molar-refractivity contribution in [2.24, 2.45) is 0 Å². The van der Waals surface area contributed by atoms with Gasteiger partial charge in [-0.2, -0.15) is 0 Å². The molecule has 6 nitrogen and oxygen atoms in total. The highest BCUT2D eigenvalue weighted by Gasteiger charge is 2.15. The van der Waals surface area contributed by atoms with Gasteiger partial charge < -0.3 is 14.1 Å². The van der Waals surface area contributed by atoms with E-state index in [1.807, 2.05) is 54.6 Å². The van der Waals surface area contributed by atoms with Crippen LogP contribution in [0, 0.1) is 0 Å². The predicted molar refractivity (Wildman–Crippen MR) is 97.5 cm³/mol. The third-order valence-electron chi connectivity index (χ3n) is 3.98. The number of aryl methyl sites for hydroxylation is 1. The molecule has 0 N–H and O–H groups in total. The smallest absolute Gasteiger partial charge is 0.260 e. The van der Waals surface area contributed by atoms with E-state index in [4.69, 9.17) is 9.15 Å². The van der Waals surface area contributed by atoms with Gasteiger partial charge in [-0.3, -0.25) is 4.79 Å². The molecule has 0 aliphatic carbocycles. The minimum atomic E-state index is -0.163. The average molecular weight is 351 g/mol. The Morgan fingerprint density at radius 1 is 1.08 bits per heavy atom. The summed E-state index contributed by atoms with van der Waals surface area (Å²) in [5.41, 5.74) is 2.07. The fraction of sp³-hybridized carbons (Fsp3) is 0.250. The van der Waals surface area contributed by atoms with E-state index in [-0.39, 0.29) is 19.1 Å². The van der Waals surface area contributed by atoms with Gasteiger partial charge >= 0.3 is 0 Å². The van der Waals surface area contributed by atoms with Crippen molar-refractivity contribution in [3.8, 4) is 17.2 Å². The molecule has 0 saturated carbocycles. The van der Waals surface area contributed by atoms with Gasteiger partial charge in [-0.05, 0) is 36.2 Å². The monoisotopic (exact) mass is 351 g/mol. The van der Waals surface area contributed by atoms with Gasteiger partial charge in [-0.1, -0.05) is 37.3 Å². The summed E-state index contributed by atoms with van der Waals surface area (Å²) in [6.45, 7) is 2.29. The Bertz CT molecular complexity index is 844. The van der Waals surface area contributed by atoms with E-state index in [2.05, 4.69) is 17.1 Å². The van der Waals surface area contributed by atoms with Crippen molar-refractivity contribution in [1.82, 2.24) is 15.1 Å². The van der Waals surface area contributed by atoms with Crippen LogP contribution in [0.1, 0.15) is 18.4 Å². The van der Waals surface area contributed by atoms with Gasteiger partial charge in [0.1, 0.15) is 5.75 Å². The molecule has 0 saturated heterocycles. The number of amides is 1. The van der Waals surface area contributed by atoms with Gasteiger partial charge in [-0.25, -0.2) is 0 Å². The molecule has 0 bridgehead atoms. The first-order valence-corrected chi connectivity index (χ1v) is 8.49. The normalized spacial score (nSPS) is 10.5. The summed E-state index contributed by atoms with van der Waals surface area (Å²) in [5.74, 6) is 1.33. The first kappa shape index (κ1) is 17.7. The molecule has 1 amide bonds. The Hall–Kier alpha value is -3.15. The minimum Gasteiger partial charge on any atom is -0.484 e. The van der Waals surface area contributed by atoms with Crippen molar-refractivity contribution in [2.45, 2.75) is 19.9 Å². The number of aromatic nitrogens is 2. The summed E-state index contributed by atoms with van der Waals surface area (Å²) in [5, 5.41) is 8.02. The van der Waals surface area contributed by atoms with Crippen molar-refractivity contribution < 1.29 is 13.9 Å². The molecule has 2 aromatic carbocycles. The highest BCUT2D eigenvalue weighted by molar-refractivity contribution is 5.77. The number of ether oxygens (including phenoxy) is 1. The van der Waals surface area contributed by atoms with Crippen LogP contribution < -0.4 is 4.74 Å². The fourth-order valence-corrected chi connectivity index (χ4v) is 2.38. The maximum atomic E-state index is 12.2. The average Bonchev–Trinajstić information content (AvgIpc) is 3.15. The van der Waals surface area contributed by atoms with Crippen LogP contribution in [0.3, 0.4) is 0 Å². The van der Waals surface area contributed by atoms with Crippen molar-refractivity contribution >= 4 is 5.91 Å². The zero-order valence-electron chi connectivity index (χ0n) is 14.9. The largest absolute Gasteiger partial charge is 0.484 e. The zero-order chi connectivity index (χ0) is 18.4. The van der Waals surface area contributed by atoms with Crippen LogP contribution in [-0.2, 0) is 17.8 Å². The Morgan fingerprint density at radius 2 is 1.81 bits per heavy atom. The SMILES string of the molecule is CCc1ccc(OCC(=O)N(C)Cc2nnc(-c3ccccc3)o2)cc1. The van der Waals surface area contributed by atoms with Gasteiger partial charge in [0.2, 0.25) is 11.8 Å². The molecule has 0 unspecified atom stereocenters. The molecule has 0 atom stereocenters. The van der Waals surface area contributed by atoms with Crippen LogP contribution >= 0.6 is 0 Å². The summed E-state index contributed by atoms with van der Waals surface area (Å²) < 4.78 is 11.2. The number of carbonyl (C=O) groups excluding carboxylic acids is 1. The van der Waals surface area contributed by atoms with Gasteiger partial charge in [0.05, 0.1) is 6.54 Å². The van der Waals surface area contributed by atoms with Crippen LogP contribution in [0.15, 0.2) is 59.0 Å². The Labute approximate surface area is 152 Å². The second-order valence-electron chi connectivity index (χ2n) is 5.90. The molecule has 0 fully saturated rings. The Morgan fingerprint density at radius 3 is 2.50 bits per heavy atom. The van der Waals surface area contributed by atoms with Crippen molar-refractivity contribution in [3.05, 3.63) is 66.1 Å². The molecule has 3 aromatic rings. The number of rotatable bonds is 7. The summed E-state index contributed by atoms with van der Waals surface area (Å²) in [7, 11) is 1.68. The molecule has 134 valence electrons. The predicted octanol–water partition coefficient (Wildman–Crippen LogP) is 3.34. The molecule has 1 aromatic heterocycles. The lowest BCUT2D eigenvalue weighted by Crippen LogP contribution is -2.31. The van der Waals surface area contributed by atoms with Crippen LogP contribution in [0.5, 0.6) is 5.75 Å². The van der Waals surface area contributed by atoms with E-state index in [9.17, 15) is 4.79 Å². The van der Waals surface area contributed by atoms with Crippen LogP contribution in [-0.4, -0.2) is 34.7 Å². The second-order valence-corrected chi connectivity index (χ2v) is 5.90. The van der Waals surface area contributed by atoms with Gasteiger partial charge in [0, 0.05) is 12.6 Å². The number of nitrogens with zero attached hydrogens (tertiary/aromatic N) is 3. The fourth-order valence-electron chi connectivity index (χ4n) is 2.38. The molecule has 26 heavy (non-hydrogen) atoms. The topological polar surface area (TPSA) is 68.5 Å². The molecule has 1 heterocycles. The maximum absolute atomic E-state index is 12.2. The summed E-state index contributed by atoms with van der Waals surface area (Å²) >= 11 is 0. The first-order chi connectivity index (χ1) is 12.7. The number of likely N-dealkylation sites (N-methyl/N-ethyl adjacent to an activating group) is 1. The molecular formula is C20H21N3O3. The van der Waals surface area contributed by atoms with E-state index in [1.165, 1.54) is 10.5 Å². The molecule has 0 radical (unpaired) electrons. The maximum Gasteiger partial charge on any atom is 0.260 e. The molecule has 0 aliphatic rings. The minimum absolute atomic E-state index is 0.0400. The lowest BCUT2D eigenvalue weighted by molar-refractivity contribution is -0.132. The van der Waals surface area contributed by atoms with Gasteiger partial charge in [0.25, 0.3) is 5.91 Å². The van der Waals surface area contributed by atoms with Crippen molar-refractivity contribution in [3.63, 3.8) is 0 Å². The molecule has 0 spiro atoms. The summed E-state index contributed by atoms with van der Waals surface area (Å²) in [6, 6.07) is 17.2. The van der Waals surface area contributed by atoms with E-state index >= 15 is 0 Å². The third kappa shape index (κ3) is 4.47. The molecular weight excluding hydrogens is 330 g/mol. The number of hydrogen-bond donors (Lipinski definition) is 0. The Kier molecular flexibility index (Phi) is 5.63. The van der Waals surface area contributed by atoms with Gasteiger partial charge in [-0.15, -0.1) is 10.2 Å². The number of carbonyl (C=O) groups is 1. The quantitative estimate of drug-likeness (QED) is 0.653. The molecule has 0 aliphatic heterocycles. The lowest BCUT2D eigenvalue weighted by atomic mass is 10.2. The third-order valence-corrected chi connectivity index (χ3v) is 3.98. The second kappa shape index (κ2) is 8.29. The van der Waals surface area contributed by atoms with Gasteiger partial charge in [0.15, 0.2) is 6.61 Å². The molecule has 6 heteroatoms. The van der Waals surface area contributed by atoms with Crippen LogP contribution in [0.2, 0.25) is 0 Å². The highest BCUT2D eigenvalue weighted by Crippen LogP contribution is 2.17. The van der Waals surface area contributed by atoms with Crippen molar-refractivity contribution in [2.75, 3.05) is 13.7 Å². The van der Waals surface area contributed by atoms with E-state index in [0.29, 0.717) is 17.5 Å². The number of benzene rings is 2. The summed E-state index contributed by atoms with van der Waals surface area (Å²) in [4.78, 5) is 13.7. The van der Waals surface area contributed by atoms with Crippen LogP contribution in [0.25, 0.3) is 11.5 Å². The zero-order valence-corrected chi connectivity index (χ0v) is 14.9. The van der Waals surface area contributed by atoms with E-state index < -0.39 is 0 Å². The standard InChI is InChI=1S/C20H21N3O3/c1-3-15-9-11-17(12-10-15)25-14-19(24)23(2)13-18-21-22-20(26-18)16-7-5-4-6-8-16/h4-12H,3,13-14H2,1-2H3. The molecule has 3 rings (SSSR count).